The normalized spacial score (nSPS) is 29.4. The summed E-state index contributed by atoms with van der Waals surface area (Å²) in [5.41, 5.74) is -1.04. The predicted molar refractivity (Wildman–Crippen MR) is 72.1 cm³/mol. The third kappa shape index (κ3) is 2.25. The Morgan fingerprint density at radius 2 is 1.83 bits per heavy atom. The van der Waals surface area contributed by atoms with Crippen molar-refractivity contribution in [3.8, 4) is 0 Å². The fourth-order valence-corrected chi connectivity index (χ4v) is 2.41. The first-order valence-corrected chi connectivity index (χ1v) is 6.89. The Hall–Kier alpha value is -1.06. The fourth-order valence-electron chi connectivity index (χ4n) is 2.41. The zero-order valence-corrected chi connectivity index (χ0v) is 12.5. The Bertz CT molecular complexity index is 352. The first-order valence-electron chi connectivity index (χ1n) is 6.89. The van der Waals surface area contributed by atoms with Gasteiger partial charge in [-0.1, -0.05) is 20.8 Å². The highest BCUT2D eigenvalue weighted by Crippen LogP contribution is 2.31. The lowest BCUT2D eigenvalue weighted by molar-refractivity contribution is -0.161. The van der Waals surface area contributed by atoms with Crippen molar-refractivity contribution < 1.29 is 9.59 Å². The molecule has 1 fully saturated rings. The van der Waals surface area contributed by atoms with Gasteiger partial charge in [-0.3, -0.25) is 9.59 Å². The van der Waals surface area contributed by atoms with Crippen LogP contribution in [0.1, 0.15) is 60.8 Å². The maximum Gasteiger partial charge on any atom is 0.249 e. The summed E-state index contributed by atoms with van der Waals surface area (Å²) in [4.78, 5) is 26.7. The van der Waals surface area contributed by atoms with E-state index in [4.69, 9.17) is 0 Å². The maximum absolute atomic E-state index is 12.7. The van der Waals surface area contributed by atoms with E-state index >= 15 is 0 Å². The van der Waals surface area contributed by atoms with Crippen LogP contribution >= 0.6 is 0 Å². The van der Waals surface area contributed by atoms with Gasteiger partial charge >= 0.3 is 0 Å². The lowest BCUT2D eigenvalue weighted by Crippen LogP contribution is -2.72. The van der Waals surface area contributed by atoms with Gasteiger partial charge in [0.1, 0.15) is 11.6 Å². The van der Waals surface area contributed by atoms with Crippen LogP contribution in [0.3, 0.4) is 0 Å². The highest BCUT2D eigenvalue weighted by molar-refractivity contribution is 5.99. The summed E-state index contributed by atoms with van der Waals surface area (Å²) in [6.07, 6.45) is 2.10. The number of amides is 2. The van der Waals surface area contributed by atoms with Crippen LogP contribution in [0, 0.1) is 0 Å². The van der Waals surface area contributed by atoms with E-state index in [2.05, 4.69) is 12.2 Å². The molecule has 1 heterocycles. The molecule has 0 aromatic rings. The molecule has 2 amide bonds. The average molecular weight is 254 g/mol. The van der Waals surface area contributed by atoms with Gasteiger partial charge in [-0.05, 0) is 40.0 Å². The number of piperazine rings is 1. The number of hydrogen-bond acceptors (Lipinski definition) is 2. The van der Waals surface area contributed by atoms with Gasteiger partial charge in [0.15, 0.2) is 0 Å². The summed E-state index contributed by atoms with van der Waals surface area (Å²) in [6.45, 7) is 11.8. The van der Waals surface area contributed by atoms with E-state index in [0.717, 1.165) is 6.42 Å². The van der Waals surface area contributed by atoms with Crippen molar-refractivity contribution >= 4 is 11.8 Å². The van der Waals surface area contributed by atoms with Crippen LogP contribution in [-0.4, -0.2) is 33.8 Å². The molecule has 0 aliphatic carbocycles. The highest BCUT2D eigenvalue weighted by atomic mass is 16.2. The topological polar surface area (TPSA) is 49.4 Å². The van der Waals surface area contributed by atoms with Crippen LogP contribution in [0.5, 0.6) is 0 Å². The van der Waals surface area contributed by atoms with Gasteiger partial charge in [-0.15, -0.1) is 0 Å². The van der Waals surface area contributed by atoms with E-state index in [0.29, 0.717) is 12.8 Å². The van der Waals surface area contributed by atoms with Crippen molar-refractivity contribution in [1.29, 1.82) is 0 Å². The largest absolute Gasteiger partial charge is 0.340 e. The Kier molecular flexibility index (Phi) is 4.08. The van der Waals surface area contributed by atoms with Gasteiger partial charge in [0.2, 0.25) is 11.8 Å². The molecule has 2 unspecified atom stereocenters. The van der Waals surface area contributed by atoms with Crippen molar-refractivity contribution in [2.75, 3.05) is 0 Å². The smallest absolute Gasteiger partial charge is 0.249 e. The van der Waals surface area contributed by atoms with Crippen molar-refractivity contribution in [3.05, 3.63) is 0 Å². The van der Waals surface area contributed by atoms with Gasteiger partial charge < -0.3 is 10.2 Å². The molecule has 0 spiro atoms. The molecule has 4 heteroatoms. The van der Waals surface area contributed by atoms with Crippen LogP contribution in [0.15, 0.2) is 0 Å². The number of carbonyl (C=O) groups is 2. The van der Waals surface area contributed by atoms with E-state index in [1.54, 1.807) is 4.90 Å². The molecule has 0 aromatic carbocycles. The monoisotopic (exact) mass is 254 g/mol. The second-order valence-electron chi connectivity index (χ2n) is 5.94. The van der Waals surface area contributed by atoms with Crippen molar-refractivity contribution in [2.45, 2.75) is 77.9 Å². The van der Waals surface area contributed by atoms with Crippen LogP contribution in [0.4, 0.5) is 0 Å². The number of nitrogens with one attached hydrogen (secondary N) is 1. The summed E-state index contributed by atoms with van der Waals surface area (Å²) < 4.78 is 0. The minimum atomic E-state index is -0.755. The first kappa shape index (κ1) is 15.0. The summed E-state index contributed by atoms with van der Waals surface area (Å²) in [6, 6.07) is -0.341. The average Bonchev–Trinajstić information content (AvgIpc) is 2.33. The van der Waals surface area contributed by atoms with Crippen molar-refractivity contribution in [2.24, 2.45) is 0 Å². The minimum absolute atomic E-state index is 0.0250. The predicted octanol–water partition coefficient (Wildman–Crippen LogP) is 2.08. The van der Waals surface area contributed by atoms with Gasteiger partial charge in [0.05, 0.1) is 0 Å². The zero-order valence-electron chi connectivity index (χ0n) is 12.5. The van der Waals surface area contributed by atoms with Crippen LogP contribution in [0.2, 0.25) is 0 Å². The second kappa shape index (κ2) is 4.90. The Morgan fingerprint density at radius 3 is 2.22 bits per heavy atom. The van der Waals surface area contributed by atoms with Gasteiger partial charge in [-0.2, -0.15) is 0 Å². The number of rotatable bonds is 4. The molecule has 0 saturated carbocycles. The van der Waals surface area contributed by atoms with E-state index in [1.807, 2.05) is 34.6 Å². The third-order valence-corrected chi connectivity index (χ3v) is 4.32. The van der Waals surface area contributed by atoms with E-state index < -0.39 is 5.54 Å². The van der Waals surface area contributed by atoms with E-state index in [1.165, 1.54) is 0 Å². The van der Waals surface area contributed by atoms with Crippen molar-refractivity contribution in [1.82, 2.24) is 10.2 Å². The molecule has 0 radical (unpaired) electrons. The summed E-state index contributed by atoms with van der Waals surface area (Å²) >= 11 is 0. The molecule has 18 heavy (non-hydrogen) atoms. The van der Waals surface area contributed by atoms with Gasteiger partial charge in [0.25, 0.3) is 0 Å². The lowest BCUT2D eigenvalue weighted by Gasteiger charge is -2.50. The third-order valence-electron chi connectivity index (χ3n) is 4.32. The highest BCUT2D eigenvalue weighted by Gasteiger charge is 2.50. The standard InChI is InChI=1S/C14H26N2O2/c1-7-10-11(17)15-14(6,9-3)12(18)16(10)13(4,5)8-2/h10H,7-9H2,1-6H3,(H,15,17). The van der Waals surface area contributed by atoms with Gasteiger partial charge in [0, 0.05) is 5.54 Å². The zero-order chi connectivity index (χ0) is 14.1. The second-order valence-corrected chi connectivity index (χ2v) is 5.94. The molecule has 4 nitrogen and oxygen atoms in total. The molecule has 1 N–H and O–H groups in total. The minimum Gasteiger partial charge on any atom is -0.340 e. The Morgan fingerprint density at radius 1 is 1.28 bits per heavy atom. The van der Waals surface area contributed by atoms with Crippen LogP contribution < -0.4 is 5.32 Å². The first-order chi connectivity index (χ1) is 8.23. The Labute approximate surface area is 110 Å². The Balaban J connectivity index is 3.23. The molecule has 1 aliphatic heterocycles. The summed E-state index contributed by atoms with van der Waals surface area (Å²) in [5.74, 6) is 0.0197. The molecule has 1 aliphatic rings. The van der Waals surface area contributed by atoms with E-state index in [9.17, 15) is 9.59 Å². The van der Waals surface area contributed by atoms with Crippen molar-refractivity contribution in [3.63, 3.8) is 0 Å². The maximum atomic E-state index is 12.7. The summed E-state index contributed by atoms with van der Waals surface area (Å²) in [7, 11) is 0. The molecule has 0 aromatic heterocycles. The van der Waals surface area contributed by atoms with Crippen LogP contribution in [-0.2, 0) is 9.59 Å². The molecule has 0 bridgehead atoms. The number of nitrogens with zero attached hydrogens (tertiary/aromatic N) is 1. The molecular weight excluding hydrogens is 228 g/mol. The molecular formula is C14H26N2O2. The quantitative estimate of drug-likeness (QED) is 0.835. The molecule has 104 valence electrons. The molecule has 1 saturated heterocycles. The molecule has 1 rings (SSSR count). The SMILES string of the molecule is CCC1C(=O)NC(C)(CC)C(=O)N1C(C)(C)CC. The number of carbonyl (C=O) groups excluding carboxylic acids is 2. The fraction of sp³-hybridized carbons (Fsp3) is 0.857. The van der Waals surface area contributed by atoms with Crippen LogP contribution in [0.25, 0.3) is 0 Å². The summed E-state index contributed by atoms with van der Waals surface area (Å²) in [5, 5.41) is 2.89. The molecule has 2 atom stereocenters. The van der Waals surface area contributed by atoms with E-state index in [-0.39, 0.29) is 23.4 Å². The number of hydrogen-bond donors (Lipinski definition) is 1. The van der Waals surface area contributed by atoms with Gasteiger partial charge in [-0.25, -0.2) is 0 Å². The lowest BCUT2D eigenvalue weighted by atomic mass is 9.86.